The summed E-state index contributed by atoms with van der Waals surface area (Å²) in [4.78, 5) is 12.2. The van der Waals surface area contributed by atoms with Crippen LogP contribution in [0.3, 0.4) is 0 Å². The molecule has 0 radical (unpaired) electrons. The summed E-state index contributed by atoms with van der Waals surface area (Å²) in [5, 5.41) is 0.422. The first-order valence-electron chi connectivity index (χ1n) is 8.97. The summed E-state index contributed by atoms with van der Waals surface area (Å²) in [6, 6.07) is 7.87. The quantitative estimate of drug-likeness (QED) is 0.700. The van der Waals surface area contributed by atoms with Crippen molar-refractivity contribution in [3.8, 4) is 0 Å². The number of amides is 1. The molecule has 29 heavy (non-hydrogen) atoms. The Balaban J connectivity index is 1.71. The van der Waals surface area contributed by atoms with Crippen LogP contribution in [-0.2, 0) is 30.4 Å². The maximum absolute atomic E-state index is 13.7. The van der Waals surface area contributed by atoms with E-state index in [4.69, 9.17) is 4.42 Å². The van der Waals surface area contributed by atoms with E-state index in [2.05, 4.69) is 5.32 Å². The molecule has 0 saturated carbocycles. The molecule has 158 valence electrons. The zero-order chi connectivity index (χ0) is 21.2. The summed E-state index contributed by atoms with van der Waals surface area (Å²) in [6.45, 7) is 1.96. The Morgan fingerprint density at radius 1 is 1.14 bits per heavy atom. The number of hydrogen-bond donors (Lipinski definition) is 1. The predicted molar refractivity (Wildman–Crippen MR) is 104 cm³/mol. The molecule has 0 spiro atoms. The Bertz CT molecular complexity index is 1100. The average Bonchev–Trinajstić information content (AvgIpc) is 3.35. The average molecular weight is 445 g/mol. The summed E-state index contributed by atoms with van der Waals surface area (Å²) in [6.07, 6.45) is 1.52. The number of hydrogen-bond acceptors (Lipinski definition) is 6. The van der Waals surface area contributed by atoms with Crippen LogP contribution in [0.5, 0.6) is 0 Å². The van der Waals surface area contributed by atoms with Crippen LogP contribution < -0.4 is 5.32 Å². The van der Waals surface area contributed by atoms with E-state index in [0.29, 0.717) is 13.1 Å². The van der Waals surface area contributed by atoms with Crippen LogP contribution in [-0.4, -0.2) is 45.4 Å². The van der Waals surface area contributed by atoms with Gasteiger partial charge in [0.25, 0.3) is 10.0 Å². The third kappa shape index (κ3) is 4.68. The standard InChI is InChI=1S/C18H21FN2O6S2/c1-13(18(22)20-16-7-3-2-6-15(16)19)28(23,24)12-14-8-9-17(27-14)29(25,26)21-10-4-5-11-21/h2-3,6-9,13H,4-5,10-12H2,1H3,(H,20,22). The molecule has 11 heteroatoms. The van der Waals surface area contributed by atoms with E-state index in [-0.39, 0.29) is 16.5 Å². The lowest BCUT2D eigenvalue weighted by Crippen LogP contribution is -2.33. The van der Waals surface area contributed by atoms with Gasteiger partial charge < -0.3 is 9.73 Å². The van der Waals surface area contributed by atoms with Crippen LogP contribution >= 0.6 is 0 Å². The number of furan rings is 1. The molecule has 1 aliphatic heterocycles. The van der Waals surface area contributed by atoms with Gasteiger partial charge in [-0.1, -0.05) is 12.1 Å². The van der Waals surface area contributed by atoms with Gasteiger partial charge in [-0.2, -0.15) is 4.31 Å². The summed E-state index contributed by atoms with van der Waals surface area (Å²) in [5.74, 6) is -2.33. The van der Waals surface area contributed by atoms with E-state index in [0.717, 1.165) is 18.9 Å². The van der Waals surface area contributed by atoms with Crippen LogP contribution in [0.1, 0.15) is 25.5 Å². The molecule has 1 saturated heterocycles. The van der Waals surface area contributed by atoms with Gasteiger partial charge in [0, 0.05) is 13.1 Å². The first-order valence-corrected chi connectivity index (χ1v) is 12.1. The molecule has 8 nitrogen and oxygen atoms in total. The maximum atomic E-state index is 13.7. The molecule has 1 atom stereocenters. The molecule has 2 heterocycles. The highest BCUT2D eigenvalue weighted by Crippen LogP contribution is 2.24. The Morgan fingerprint density at radius 3 is 2.45 bits per heavy atom. The molecule has 2 aromatic rings. The van der Waals surface area contributed by atoms with Crippen molar-refractivity contribution < 1.29 is 30.4 Å². The molecule has 1 aromatic carbocycles. The van der Waals surface area contributed by atoms with Crippen molar-refractivity contribution in [2.24, 2.45) is 0 Å². The van der Waals surface area contributed by atoms with Gasteiger partial charge in [0.05, 0.1) is 5.69 Å². The zero-order valence-electron chi connectivity index (χ0n) is 15.7. The van der Waals surface area contributed by atoms with Crippen molar-refractivity contribution in [2.45, 2.75) is 35.9 Å². The minimum absolute atomic E-state index is 0.0895. The number of para-hydroxylation sites is 1. The number of carbonyl (C=O) groups excluding carboxylic acids is 1. The molecular weight excluding hydrogens is 423 g/mol. The lowest BCUT2D eigenvalue weighted by Gasteiger charge is -2.14. The van der Waals surface area contributed by atoms with Crippen molar-refractivity contribution >= 4 is 31.5 Å². The van der Waals surface area contributed by atoms with Gasteiger partial charge in [-0.15, -0.1) is 0 Å². The molecule has 1 fully saturated rings. The van der Waals surface area contributed by atoms with Gasteiger partial charge in [-0.3, -0.25) is 4.79 Å². The first-order chi connectivity index (χ1) is 13.6. The molecule has 1 aromatic heterocycles. The summed E-state index contributed by atoms with van der Waals surface area (Å²) in [5.41, 5.74) is -0.128. The molecular formula is C18H21FN2O6S2. The van der Waals surface area contributed by atoms with E-state index in [1.54, 1.807) is 0 Å². The van der Waals surface area contributed by atoms with Crippen LogP contribution in [0.15, 0.2) is 45.9 Å². The lowest BCUT2D eigenvalue weighted by molar-refractivity contribution is -0.115. The monoisotopic (exact) mass is 444 g/mol. The van der Waals surface area contributed by atoms with Gasteiger partial charge in [-0.25, -0.2) is 21.2 Å². The van der Waals surface area contributed by atoms with Crippen LogP contribution in [0.2, 0.25) is 0 Å². The van der Waals surface area contributed by atoms with Crippen molar-refractivity contribution in [3.05, 3.63) is 48.0 Å². The number of sulfonamides is 1. The fraction of sp³-hybridized carbons (Fsp3) is 0.389. The summed E-state index contributed by atoms with van der Waals surface area (Å²) < 4.78 is 70.3. The topological polar surface area (TPSA) is 114 Å². The molecule has 0 aliphatic carbocycles. The third-order valence-corrected chi connectivity index (χ3v) is 8.43. The van der Waals surface area contributed by atoms with E-state index in [9.17, 15) is 26.0 Å². The number of nitrogens with zero attached hydrogens (tertiary/aromatic N) is 1. The van der Waals surface area contributed by atoms with Gasteiger partial charge in [0.15, 0.2) is 9.84 Å². The number of benzene rings is 1. The smallest absolute Gasteiger partial charge is 0.276 e. The zero-order valence-corrected chi connectivity index (χ0v) is 17.3. The maximum Gasteiger partial charge on any atom is 0.276 e. The minimum atomic E-state index is -4.03. The highest BCUT2D eigenvalue weighted by atomic mass is 32.2. The van der Waals surface area contributed by atoms with Crippen LogP contribution in [0, 0.1) is 5.82 Å². The van der Waals surface area contributed by atoms with Crippen molar-refractivity contribution in [1.82, 2.24) is 4.31 Å². The van der Waals surface area contributed by atoms with E-state index in [1.807, 2.05) is 0 Å². The van der Waals surface area contributed by atoms with Gasteiger partial charge in [0.2, 0.25) is 11.0 Å². The number of anilines is 1. The van der Waals surface area contributed by atoms with E-state index in [1.165, 1.54) is 41.6 Å². The SMILES string of the molecule is CC(C(=O)Nc1ccccc1F)S(=O)(=O)Cc1ccc(S(=O)(=O)N2CCCC2)o1. The third-order valence-electron chi connectivity index (χ3n) is 4.68. The van der Waals surface area contributed by atoms with E-state index >= 15 is 0 Å². The molecule has 1 N–H and O–H groups in total. The number of halogens is 1. The molecule has 3 rings (SSSR count). The van der Waals surface area contributed by atoms with Crippen molar-refractivity contribution in [1.29, 1.82) is 0 Å². The molecule has 1 aliphatic rings. The highest BCUT2D eigenvalue weighted by Gasteiger charge is 2.33. The van der Waals surface area contributed by atoms with Crippen molar-refractivity contribution in [2.75, 3.05) is 18.4 Å². The van der Waals surface area contributed by atoms with Crippen LogP contribution in [0.25, 0.3) is 0 Å². The molecule has 0 bridgehead atoms. The van der Waals surface area contributed by atoms with Crippen molar-refractivity contribution in [3.63, 3.8) is 0 Å². The Morgan fingerprint density at radius 2 is 1.79 bits per heavy atom. The Hall–Kier alpha value is -2.24. The van der Waals surface area contributed by atoms with Gasteiger partial charge in [-0.05, 0) is 44.0 Å². The Kier molecular flexibility index (Phi) is 6.11. The number of nitrogens with one attached hydrogen (secondary N) is 1. The second kappa shape index (κ2) is 8.25. The van der Waals surface area contributed by atoms with E-state index < -0.39 is 42.6 Å². The molecule has 1 unspecified atom stereocenters. The highest BCUT2D eigenvalue weighted by molar-refractivity contribution is 7.92. The van der Waals surface area contributed by atoms with Crippen LogP contribution in [0.4, 0.5) is 10.1 Å². The normalized spacial score (nSPS) is 16.6. The fourth-order valence-electron chi connectivity index (χ4n) is 2.91. The number of sulfone groups is 1. The fourth-order valence-corrected chi connectivity index (χ4v) is 5.55. The Labute approximate surface area is 168 Å². The second-order valence-corrected chi connectivity index (χ2v) is 10.9. The first kappa shape index (κ1) is 21.5. The minimum Gasteiger partial charge on any atom is -0.447 e. The summed E-state index contributed by atoms with van der Waals surface area (Å²) >= 11 is 0. The largest absolute Gasteiger partial charge is 0.447 e. The number of carbonyl (C=O) groups is 1. The predicted octanol–water partition coefficient (Wildman–Crippen LogP) is 2.15. The lowest BCUT2D eigenvalue weighted by atomic mass is 10.3. The summed E-state index contributed by atoms with van der Waals surface area (Å²) in [7, 11) is -7.84. The molecule has 1 amide bonds. The second-order valence-electron chi connectivity index (χ2n) is 6.75. The number of rotatable bonds is 7. The van der Waals surface area contributed by atoms with Gasteiger partial charge in [0.1, 0.15) is 22.6 Å². The van der Waals surface area contributed by atoms with Gasteiger partial charge >= 0.3 is 0 Å².